The third kappa shape index (κ3) is 4.46. The first-order valence-corrected chi connectivity index (χ1v) is 7.31. The van der Waals surface area contributed by atoms with Gasteiger partial charge in [0, 0.05) is 17.4 Å². The van der Waals surface area contributed by atoms with E-state index < -0.39 is 0 Å². The summed E-state index contributed by atoms with van der Waals surface area (Å²) in [5.41, 5.74) is 3.16. The third-order valence-electron chi connectivity index (χ3n) is 3.14. The highest BCUT2D eigenvalue weighted by Gasteiger charge is 2.03. The van der Waals surface area contributed by atoms with Gasteiger partial charge in [0.1, 0.15) is 5.75 Å². The summed E-state index contributed by atoms with van der Waals surface area (Å²) in [5.74, 6) is 1.29. The maximum Gasteiger partial charge on any atom is 0.175 e. The predicted octanol–water partition coefficient (Wildman–Crippen LogP) is 4.63. The second kappa shape index (κ2) is 7.09. The molecular weight excluding hydrogens is 280 g/mol. The molecule has 2 rings (SSSR count). The summed E-state index contributed by atoms with van der Waals surface area (Å²) in [6, 6.07) is 15.9. The summed E-state index contributed by atoms with van der Waals surface area (Å²) < 4.78 is 5.19. The lowest BCUT2D eigenvalue weighted by atomic mass is 10.0. The summed E-state index contributed by atoms with van der Waals surface area (Å²) in [5, 5.41) is 6.92. The fraction of sp³-hybridized carbons (Fsp3) is 0.235. The maximum absolute atomic E-state index is 5.34. The topological polar surface area (TPSA) is 33.3 Å². The van der Waals surface area contributed by atoms with Crippen LogP contribution in [0.2, 0.25) is 0 Å². The van der Waals surface area contributed by atoms with Crippen LogP contribution in [0.1, 0.15) is 25.3 Å². The van der Waals surface area contributed by atoms with E-state index in [1.165, 1.54) is 5.56 Å². The van der Waals surface area contributed by atoms with Crippen LogP contribution in [0.3, 0.4) is 0 Å². The van der Waals surface area contributed by atoms with Gasteiger partial charge < -0.3 is 15.4 Å². The molecule has 0 fully saturated rings. The summed E-state index contributed by atoms with van der Waals surface area (Å²) in [4.78, 5) is 0. The van der Waals surface area contributed by atoms with Crippen molar-refractivity contribution in [2.24, 2.45) is 0 Å². The average Bonchev–Trinajstić information content (AvgIpc) is 2.47. The van der Waals surface area contributed by atoms with E-state index in [9.17, 15) is 0 Å². The minimum Gasteiger partial charge on any atom is -0.497 e. The van der Waals surface area contributed by atoms with Crippen molar-refractivity contribution < 1.29 is 4.74 Å². The summed E-state index contributed by atoms with van der Waals surface area (Å²) in [6.45, 7) is 4.35. The molecule has 0 aliphatic carbocycles. The molecule has 4 heteroatoms. The van der Waals surface area contributed by atoms with E-state index in [2.05, 4.69) is 36.6 Å². The normalized spacial score (nSPS) is 10.3. The lowest BCUT2D eigenvalue weighted by molar-refractivity contribution is 0.415. The van der Waals surface area contributed by atoms with Crippen LogP contribution in [-0.4, -0.2) is 12.2 Å². The number of thiocarbonyl (C=S) groups is 1. The van der Waals surface area contributed by atoms with Crippen LogP contribution in [0, 0.1) is 0 Å². The van der Waals surface area contributed by atoms with E-state index in [1.807, 2.05) is 36.4 Å². The fourth-order valence-corrected chi connectivity index (χ4v) is 2.21. The van der Waals surface area contributed by atoms with Gasteiger partial charge in [0.2, 0.25) is 0 Å². The van der Waals surface area contributed by atoms with Gasteiger partial charge in [-0.3, -0.25) is 0 Å². The minimum atomic E-state index is 0.492. The van der Waals surface area contributed by atoms with E-state index >= 15 is 0 Å². The lowest BCUT2D eigenvalue weighted by Crippen LogP contribution is -2.19. The number of nitrogens with one attached hydrogen (secondary N) is 2. The van der Waals surface area contributed by atoms with E-state index in [0.717, 1.165) is 17.1 Å². The molecule has 0 heterocycles. The van der Waals surface area contributed by atoms with Gasteiger partial charge in [-0.2, -0.15) is 0 Å². The highest BCUT2D eigenvalue weighted by atomic mass is 32.1. The van der Waals surface area contributed by atoms with Crippen molar-refractivity contribution in [1.82, 2.24) is 0 Å². The molecule has 0 aromatic heterocycles. The highest BCUT2D eigenvalue weighted by molar-refractivity contribution is 7.80. The van der Waals surface area contributed by atoms with Crippen molar-refractivity contribution in [1.29, 1.82) is 0 Å². The molecule has 0 radical (unpaired) electrons. The van der Waals surface area contributed by atoms with Gasteiger partial charge in [-0.1, -0.05) is 32.0 Å². The number of anilines is 2. The van der Waals surface area contributed by atoms with Crippen LogP contribution in [-0.2, 0) is 0 Å². The van der Waals surface area contributed by atoms with Crippen LogP contribution in [0.25, 0.3) is 0 Å². The molecule has 3 nitrogen and oxygen atoms in total. The second-order valence-electron chi connectivity index (χ2n) is 5.09. The molecule has 0 amide bonds. The van der Waals surface area contributed by atoms with E-state index in [-0.39, 0.29) is 0 Å². The Balaban J connectivity index is 2.02. The van der Waals surface area contributed by atoms with Crippen molar-refractivity contribution in [3.8, 4) is 5.75 Å². The largest absolute Gasteiger partial charge is 0.497 e. The first-order chi connectivity index (χ1) is 10.1. The van der Waals surface area contributed by atoms with Crippen LogP contribution in [0.4, 0.5) is 11.4 Å². The predicted molar refractivity (Wildman–Crippen MR) is 93.4 cm³/mol. The van der Waals surface area contributed by atoms with Gasteiger partial charge >= 0.3 is 0 Å². The second-order valence-corrected chi connectivity index (χ2v) is 5.50. The van der Waals surface area contributed by atoms with Gasteiger partial charge in [-0.15, -0.1) is 0 Å². The number of rotatable bonds is 4. The first-order valence-electron chi connectivity index (χ1n) is 6.90. The number of methoxy groups -OCH3 is 1. The van der Waals surface area contributed by atoms with Gasteiger partial charge in [0.25, 0.3) is 0 Å². The van der Waals surface area contributed by atoms with Crippen molar-refractivity contribution in [3.63, 3.8) is 0 Å². The fourth-order valence-electron chi connectivity index (χ4n) is 1.97. The first kappa shape index (κ1) is 15.3. The SMILES string of the molecule is COc1cccc(NC(=S)Nc2cccc(C(C)C)c2)c1. The Hall–Kier alpha value is -2.07. The molecule has 0 saturated heterocycles. The molecule has 110 valence electrons. The smallest absolute Gasteiger partial charge is 0.175 e. The number of hydrogen-bond donors (Lipinski definition) is 2. The van der Waals surface area contributed by atoms with E-state index in [4.69, 9.17) is 17.0 Å². The number of benzene rings is 2. The van der Waals surface area contributed by atoms with Crippen LogP contribution in [0.15, 0.2) is 48.5 Å². The minimum absolute atomic E-state index is 0.492. The van der Waals surface area contributed by atoms with Crippen LogP contribution < -0.4 is 15.4 Å². The van der Waals surface area contributed by atoms with E-state index in [1.54, 1.807) is 7.11 Å². The Morgan fingerprint density at radius 2 is 1.62 bits per heavy atom. The molecule has 0 aliphatic rings. The van der Waals surface area contributed by atoms with Crippen molar-refractivity contribution in [2.45, 2.75) is 19.8 Å². The van der Waals surface area contributed by atoms with Crippen molar-refractivity contribution in [3.05, 3.63) is 54.1 Å². The van der Waals surface area contributed by atoms with Gasteiger partial charge in [0.15, 0.2) is 5.11 Å². The Labute approximate surface area is 131 Å². The molecule has 0 bridgehead atoms. The average molecular weight is 300 g/mol. The lowest BCUT2D eigenvalue weighted by Gasteiger charge is -2.13. The number of hydrogen-bond acceptors (Lipinski definition) is 2. The molecule has 2 aromatic rings. The Kier molecular flexibility index (Phi) is 5.17. The van der Waals surface area contributed by atoms with Crippen molar-refractivity contribution in [2.75, 3.05) is 17.7 Å². The third-order valence-corrected chi connectivity index (χ3v) is 3.34. The molecular formula is C17H20N2OS. The Morgan fingerprint density at radius 1 is 1.00 bits per heavy atom. The maximum atomic E-state index is 5.34. The molecule has 0 unspecified atom stereocenters. The molecule has 0 saturated carbocycles. The van der Waals surface area contributed by atoms with Gasteiger partial charge in [-0.05, 0) is 48.0 Å². The molecule has 0 aliphatic heterocycles. The highest BCUT2D eigenvalue weighted by Crippen LogP contribution is 2.20. The number of ether oxygens (including phenoxy) is 1. The van der Waals surface area contributed by atoms with E-state index in [0.29, 0.717) is 11.0 Å². The van der Waals surface area contributed by atoms with Gasteiger partial charge in [0.05, 0.1) is 7.11 Å². The van der Waals surface area contributed by atoms with Crippen LogP contribution >= 0.6 is 12.2 Å². The Bertz CT molecular complexity index is 626. The standard InChI is InChI=1S/C17H20N2OS/c1-12(2)13-6-4-7-14(10-13)18-17(21)19-15-8-5-9-16(11-15)20-3/h4-12H,1-3H3,(H2,18,19,21). The Morgan fingerprint density at radius 3 is 2.24 bits per heavy atom. The molecule has 2 aromatic carbocycles. The summed E-state index contributed by atoms with van der Waals surface area (Å²) in [6.07, 6.45) is 0. The summed E-state index contributed by atoms with van der Waals surface area (Å²) in [7, 11) is 1.65. The zero-order valence-electron chi connectivity index (χ0n) is 12.5. The molecule has 2 N–H and O–H groups in total. The molecule has 0 atom stereocenters. The molecule has 21 heavy (non-hydrogen) atoms. The monoisotopic (exact) mass is 300 g/mol. The molecule has 0 spiro atoms. The zero-order chi connectivity index (χ0) is 15.2. The summed E-state index contributed by atoms with van der Waals surface area (Å²) >= 11 is 5.34. The van der Waals surface area contributed by atoms with Crippen LogP contribution in [0.5, 0.6) is 5.75 Å². The zero-order valence-corrected chi connectivity index (χ0v) is 13.3. The van der Waals surface area contributed by atoms with Crippen molar-refractivity contribution >= 4 is 28.7 Å². The van der Waals surface area contributed by atoms with Gasteiger partial charge in [-0.25, -0.2) is 0 Å². The quantitative estimate of drug-likeness (QED) is 0.807.